The predicted octanol–water partition coefficient (Wildman–Crippen LogP) is 0.821. The number of benzene rings is 1. The lowest BCUT2D eigenvalue weighted by atomic mass is 10.1. The average Bonchev–Trinajstić information content (AvgIpc) is 3.01. The largest absolute Gasteiger partial charge is 0.383 e. The first-order chi connectivity index (χ1) is 13.0. The Bertz CT molecular complexity index is 742. The molecule has 3 unspecified atom stereocenters. The van der Waals surface area contributed by atoms with Crippen LogP contribution in [0, 0.1) is 5.92 Å². The number of carbonyl (C=O) groups is 3. The van der Waals surface area contributed by atoms with Crippen LogP contribution in [0.25, 0.3) is 0 Å². The molecule has 3 atom stereocenters. The van der Waals surface area contributed by atoms with Crippen molar-refractivity contribution in [2.45, 2.75) is 30.5 Å². The number of nitrogens with one attached hydrogen (secondary N) is 4. The zero-order valence-corrected chi connectivity index (χ0v) is 16.2. The number of thioether (sulfide) groups is 1. The zero-order chi connectivity index (χ0) is 19.4. The minimum Gasteiger partial charge on any atom is -0.383 e. The molecule has 146 valence electrons. The van der Waals surface area contributed by atoms with Crippen molar-refractivity contribution in [3.63, 3.8) is 0 Å². The lowest BCUT2D eigenvalue weighted by Crippen LogP contribution is -2.54. The molecule has 2 heterocycles. The number of urea groups is 1. The summed E-state index contributed by atoms with van der Waals surface area (Å²) in [5, 5.41) is 10.7. The van der Waals surface area contributed by atoms with Crippen LogP contribution >= 0.6 is 11.8 Å². The fourth-order valence-corrected chi connectivity index (χ4v) is 4.37. The highest BCUT2D eigenvalue weighted by Gasteiger charge is 2.31. The van der Waals surface area contributed by atoms with Crippen molar-refractivity contribution in [1.82, 2.24) is 16.0 Å². The van der Waals surface area contributed by atoms with Crippen molar-refractivity contribution in [1.29, 1.82) is 0 Å². The van der Waals surface area contributed by atoms with Gasteiger partial charge in [0.1, 0.15) is 5.25 Å². The van der Waals surface area contributed by atoms with Crippen LogP contribution in [0.15, 0.2) is 18.2 Å². The van der Waals surface area contributed by atoms with Gasteiger partial charge in [0, 0.05) is 31.8 Å². The Hall–Kier alpha value is -2.26. The number of fused-ring (bicyclic) bond motifs is 1. The van der Waals surface area contributed by atoms with Gasteiger partial charge in [0.2, 0.25) is 11.8 Å². The van der Waals surface area contributed by atoms with Gasteiger partial charge in [-0.25, -0.2) is 4.79 Å². The van der Waals surface area contributed by atoms with Gasteiger partial charge < -0.3 is 26.0 Å². The van der Waals surface area contributed by atoms with Crippen LogP contribution in [0.4, 0.5) is 10.5 Å². The minimum absolute atomic E-state index is 0.0131. The van der Waals surface area contributed by atoms with E-state index in [1.807, 2.05) is 25.1 Å². The first-order valence-electron chi connectivity index (χ1n) is 8.84. The summed E-state index contributed by atoms with van der Waals surface area (Å²) < 4.78 is 5.20. The van der Waals surface area contributed by atoms with Crippen molar-refractivity contribution >= 4 is 35.3 Å². The van der Waals surface area contributed by atoms with Gasteiger partial charge in [-0.3, -0.25) is 9.59 Å². The van der Waals surface area contributed by atoms with E-state index < -0.39 is 5.25 Å². The SMILES string of the molecule is COCC(SC1NC(=O)NCC1C)C(=O)NCc1ccc2c(c1)CC(=O)N2. The number of ether oxygens (including phenoxy) is 1. The molecule has 0 aliphatic carbocycles. The monoisotopic (exact) mass is 392 g/mol. The predicted molar refractivity (Wildman–Crippen MR) is 103 cm³/mol. The molecule has 0 bridgehead atoms. The second-order valence-electron chi connectivity index (χ2n) is 6.77. The minimum atomic E-state index is -0.432. The Kier molecular flexibility index (Phi) is 6.22. The summed E-state index contributed by atoms with van der Waals surface area (Å²) in [6.07, 6.45) is 0.368. The van der Waals surface area contributed by atoms with Gasteiger partial charge in [0.05, 0.1) is 18.4 Å². The van der Waals surface area contributed by atoms with Crippen LogP contribution in [0.1, 0.15) is 18.1 Å². The molecule has 0 aromatic heterocycles. The van der Waals surface area contributed by atoms with Crippen LogP contribution in [0.5, 0.6) is 0 Å². The summed E-state index contributed by atoms with van der Waals surface area (Å²) in [4.78, 5) is 35.7. The Morgan fingerprint density at radius 3 is 3.00 bits per heavy atom. The van der Waals surface area contributed by atoms with Gasteiger partial charge in [-0.1, -0.05) is 19.1 Å². The molecule has 1 aromatic carbocycles. The summed E-state index contributed by atoms with van der Waals surface area (Å²) >= 11 is 1.40. The number of amides is 4. The third-order valence-electron chi connectivity index (χ3n) is 4.56. The van der Waals surface area contributed by atoms with E-state index >= 15 is 0 Å². The van der Waals surface area contributed by atoms with Crippen LogP contribution < -0.4 is 21.3 Å². The first kappa shape index (κ1) is 19.5. The number of hydrogen-bond donors (Lipinski definition) is 4. The van der Waals surface area contributed by atoms with Gasteiger partial charge in [-0.05, 0) is 17.2 Å². The molecule has 0 spiro atoms. The fourth-order valence-electron chi connectivity index (χ4n) is 3.05. The molecule has 4 N–H and O–H groups in total. The van der Waals surface area contributed by atoms with Crippen LogP contribution in [-0.2, 0) is 27.3 Å². The standard InChI is InChI=1S/C18H24N4O4S/c1-10-7-20-18(25)22-17(10)27-14(9-26-2)16(24)19-8-11-3-4-13-12(5-11)6-15(23)21-13/h3-5,10,14,17H,6-9H2,1-2H3,(H,19,24)(H,21,23)(H2,20,22,25). The zero-order valence-electron chi connectivity index (χ0n) is 15.3. The van der Waals surface area contributed by atoms with Gasteiger partial charge in [-0.2, -0.15) is 0 Å². The van der Waals surface area contributed by atoms with Crippen molar-refractivity contribution in [2.24, 2.45) is 5.92 Å². The van der Waals surface area contributed by atoms with E-state index in [-0.39, 0.29) is 35.7 Å². The fraction of sp³-hybridized carbons (Fsp3) is 0.500. The molecular weight excluding hydrogens is 368 g/mol. The van der Waals surface area contributed by atoms with Crippen LogP contribution in [-0.4, -0.2) is 48.7 Å². The van der Waals surface area contributed by atoms with Crippen LogP contribution in [0.3, 0.4) is 0 Å². The van der Waals surface area contributed by atoms with Crippen molar-refractivity contribution in [2.75, 3.05) is 25.6 Å². The third-order valence-corrected chi connectivity index (χ3v) is 6.11. The number of rotatable bonds is 7. The molecule has 4 amide bonds. The molecule has 0 saturated carbocycles. The molecule has 8 nitrogen and oxygen atoms in total. The van der Waals surface area contributed by atoms with E-state index in [4.69, 9.17) is 4.74 Å². The molecule has 2 aliphatic rings. The van der Waals surface area contributed by atoms with E-state index in [1.54, 1.807) is 7.11 Å². The molecule has 27 heavy (non-hydrogen) atoms. The van der Waals surface area contributed by atoms with E-state index in [0.29, 0.717) is 19.5 Å². The third kappa shape index (κ3) is 4.92. The van der Waals surface area contributed by atoms with Gasteiger partial charge in [-0.15, -0.1) is 11.8 Å². The number of carbonyl (C=O) groups excluding carboxylic acids is 3. The highest BCUT2D eigenvalue weighted by Crippen LogP contribution is 2.26. The highest BCUT2D eigenvalue weighted by atomic mass is 32.2. The van der Waals surface area contributed by atoms with Gasteiger partial charge in [0.25, 0.3) is 0 Å². The van der Waals surface area contributed by atoms with Gasteiger partial charge >= 0.3 is 6.03 Å². The molecule has 3 rings (SSSR count). The molecule has 2 aliphatic heterocycles. The maximum atomic E-state index is 12.6. The van der Waals surface area contributed by atoms with Gasteiger partial charge in [0.15, 0.2) is 0 Å². The van der Waals surface area contributed by atoms with E-state index in [0.717, 1.165) is 16.8 Å². The number of hydrogen-bond acceptors (Lipinski definition) is 5. The summed E-state index contributed by atoms with van der Waals surface area (Å²) in [6, 6.07) is 5.46. The summed E-state index contributed by atoms with van der Waals surface area (Å²) in [5.74, 6) is 0.0408. The van der Waals surface area contributed by atoms with Crippen molar-refractivity contribution < 1.29 is 19.1 Å². The maximum absolute atomic E-state index is 12.6. The Labute approximate surface area is 162 Å². The Morgan fingerprint density at radius 1 is 1.41 bits per heavy atom. The Balaban J connectivity index is 1.58. The summed E-state index contributed by atoms with van der Waals surface area (Å²) in [7, 11) is 1.55. The lowest BCUT2D eigenvalue weighted by Gasteiger charge is -2.32. The topological polar surface area (TPSA) is 109 Å². The number of methoxy groups -OCH3 is 1. The normalized spacial score (nSPS) is 22.3. The van der Waals surface area contributed by atoms with Crippen LogP contribution in [0.2, 0.25) is 0 Å². The highest BCUT2D eigenvalue weighted by molar-refractivity contribution is 8.01. The maximum Gasteiger partial charge on any atom is 0.315 e. The second kappa shape index (κ2) is 8.62. The molecule has 9 heteroatoms. The summed E-state index contributed by atoms with van der Waals surface area (Å²) in [6.45, 7) is 3.22. The molecular formula is C18H24N4O4S. The van der Waals surface area contributed by atoms with Crippen molar-refractivity contribution in [3.05, 3.63) is 29.3 Å². The quantitative estimate of drug-likeness (QED) is 0.549. The molecule has 0 radical (unpaired) electrons. The first-order valence-corrected chi connectivity index (χ1v) is 9.78. The molecule has 1 aromatic rings. The second-order valence-corrected chi connectivity index (χ2v) is 8.12. The Morgan fingerprint density at radius 2 is 2.22 bits per heavy atom. The smallest absolute Gasteiger partial charge is 0.315 e. The van der Waals surface area contributed by atoms with Crippen molar-refractivity contribution in [3.8, 4) is 0 Å². The summed E-state index contributed by atoms with van der Waals surface area (Å²) in [5.41, 5.74) is 2.71. The molecule has 1 saturated heterocycles. The lowest BCUT2D eigenvalue weighted by molar-refractivity contribution is -0.121. The molecule has 1 fully saturated rings. The van der Waals surface area contributed by atoms with E-state index in [9.17, 15) is 14.4 Å². The number of anilines is 1. The van der Waals surface area contributed by atoms with E-state index in [1.165, 1.54) is 11.8 Å². The van der Waals surface area contributed by atoms with E-state index in [2.05, 4.69) is 21.3 Å². The average molecular weight is 392 g/mol.